The van der Waals surface area contributed by atoms with Gasteiger partial charge in [0.25, 0.3) is 0 Å². The molecule has 0 fully saturated rings. The predicted molar refractivity (Wildman–Crippen MR) is 104 cm³/mol. The molecule has 0 saturated carbocycles. The average Bonchev–Trinajstić information content (AvgIpc) is 2.66. The normalized spacial score (nSPS) is 10.6. The van der Waals surface area contributed by atoms with Crippen LogP contribution in [0.25, 0.3) is 6.08 Å². The minimum absolute atomic E-state index is 0.138. The molecule has 0 aliphatic heterocycles. The van der Waals surface area contributed by atoms with Gasteiger partial charge in [-0.1, -0.05) is 37.3 Å². The van der Waals surface area contributed by atoms with Crippen molar-refractivity contribution in [1.82, 2.24) is 0 Å². The van der Waals surface area contributed by atoms with E-state index in [1.165, 1.54) is 0 Å². The molecule has 1 N–H and O–H groups in total. The summed E-state index contributed by atoms with van der Waals surface area (Å²) in [6.45, 7) is 4.40. The van der Waals surface area contributed by atoms with E-state index in [0.29, 0.717) is 11.5 Å². The molecule has 0 bridgehead atoms. The third kappa shape index (κ3) is 5.84. The summed E-state index contributed by atoms with van der Waals surface area (Å²) in [4.78, 5) is 11.8. The van der Waals surface area contributed by atoms with E-state index in [4.69, 9.17) is 14.2 Å². The van der Waals surface area contributed by atoms with Gasteiger partial charge in [0.15, 0.2) is 11.5 Å². The van der Waals surface area contributed by atoms with Crippen molar-refractivity contribution < 1.29 is 19.0 Å². The van der Waals surface area contributed by atoms with Crippen LogP contribution >= 0.6 is 0 Å². The van der Waals surface area contributed by atoms with E-state index in [-0.39, 0.29) is 13.2 Å². The highest BCUT2D eigenvalue weighted by Crippen LogP contribution is 2.28. The number of carbonyl (C=O) groups excluding carboxylic acids is 1. The van der Waals surface area contributed by atoms with Gasteiger partial charge in [-0.3, -0.25) is 5.32 Å². The number of hydrogen-bond acceptors (Lipinski definition) is 4. The van der Waals surface area contributed by atoms with Gasteiger partial charge < -0.3 is 14.2 Å². The number of allylic oxidation sites excluding steroid dienone is 1. The van der Waals surface area contributed by atoms with Gasteiger partial charge in [-0.2, -0.15) is 0 Å². The number of ether oxygens (including phenoxy) is 3. The van der Waals surface area contributed by atoms with Crippen molar-refractivity contribution in [2.45, 2.75) is 20.3 Å². The number of hydrogen-bond donors (Lipinski definition) is 1. The molecule has 0 aliphatic carbocycles. The third-order valence-electron chi connectivity index (χ3n) is 3.70. The highest BCUT2D eigenvalue weighted by atomic mass is 16.6. The minimum atomic E-state index is -0.503. The second-order valence-electron chi connectivity index (χ2n) is 5.57. The first-order chi connectivity index (χ1) is 12.7. The molecule has 0 unspecified atom stereocenters. The summed E-state index contributed by atoms with van der Waals surface area (Å²) >= 11 is 0. The van der Waals surface area contributed by atoms with Crippen LogP contribution in [0, 0.1) is 0 Å². The molecule has 0 saturated heterocycles. The number of benzene rings is 2. The monoisotopic (exact) mass is 355 g/mol. The van der Waals surface area contributed by atoms with Crippen molar-refractivity contribution in [2.75, 3.05) is 25.6 Å². The Kier molecular flexibility index (Phi) is 7.55. The molecule has 5 heteroatoms. The highest BCUT2D eigenvalue weighted by molar-refractivity contribution is 5.84. The molecule has 0 heterocycles. The zero-order valence-corrected chi connectivity index (χ0v) is 15.5. The molecule has 1 amide bonds. The molecular formula is C21H25NO4. The summed E-state index contributed by atoms with van der Waals surface area (Å²) in [5.74, 6) is 1.25. The van der Waals surface area contributed by atoms with Crippen LogP contribution in [0.1, 0.15) is 25.0 Å². The summed E-state index contributed by atoms with van der Waals surface area (Å²) in [7, 11) is 1.59. The van der Waals surface area contributed by atoms with Crippen LogP contribution < -0.4 is 14.8 Å². The number of aryl methyl sites for hydroxylation is 1. The molecule has 0 atom stereocenters. The standard InChI is InChI=1S/C21H25NO4/c1-4-7-17-10-11-19(20(15-17)24-3)25-12-13-26-21(23)22-18-9-6-8-16(5-2)14-18/h4,6-11,14-15H,5,12-13H2,1-3H3,(H,22,23)/b7-4+. The number of carbonyl (C=O) groups is 1. The lowest BCUT2D eigenvalue weighted by Crippen LogP contribution is -2.17. The predicted octanol–water partition coefficient (Wildman–Crippen LogP) is 4.92. The largest absolute Gasteiger partial charge is 0.493 e. The smallest absolute Gasteiger partial charge is 0.411 e. The molecule has 2 aromatic carbocycles. The maximum absolute atomic E-state index is 11.8. The summed E-state index contributed by atoms with van der Waals surface area (Å²) < 4.78 is 16.1. The van der Waals surface area contributed by atoms with Gasteiger partial charge in [0.05, 0.1) is 7.11 Å². The number of methoxy groups -OCH3 is 1. The Morgan fingerprint density at radius 3 is 2.69 bits per heavy atom. The van der Waals surface area contributed by atoms with E-state index >= 15 is 0 Å². The van der Waals surface area contributed by atoms with Crippen LogP contribution in [0.3, 0.4) is 0 Å². The Balaban J connectivity index is 1.80. The number of rotatable bonds is 8. The third-order valence-corrected chi connectivity index (χ3v) is 3.70. The molecule has 2 rings (SSSR count). The van der Waals surface area contributed by atoms with E-state index in [2.05, 4.69) is 12.2 Å². The molecule has 0 aliphatic rings. The maximum Gasteiger partial charge on any atom is 0.411 e. The second-order valence-corrected chi connectivity index (χ2v) is 5.57. The van der Waals surface area contributed by atoms with Crippen LogP contribution in [-0.4, -0.2) is 26.4 Å². The van der Waals surface area contributed by atoms with E-state index < -0.39 is 6.09 Å². The van der Waals surface area contributed by atoms with Gasteiger partial charge in [0.1, 0.15) is 13.2 Å². The maximum atomic E-state index is 11.8. The van der Waals surface area contributed by atoms with E-state index in [0.717, 1.165) is 23.2 Å². The van der Waals surface area contributed by atoms with Crippen LogP contribution in [0.5, 0.6) is 11.5 Å². The minimum Gasteiger partial charge on any atom is -0.493 e. The molecule has 0 spiro atoms. The second kappa shape index (κ2) is 10.1. The number of amides is 1. The molecule has 2 aromatic rings. The van der Waals surface area contributed by atoms with E-state index in [1.807, 2.05) is 61.5 Å². The average molecular weight is 355 g/mol. The topological polar surface area (TPSA) is 56.8 Å². The van der Waals surface area contributed by atoms with Gasteiger partial charge in [-0.05, 0) is 48.7 Å². The lowest BCUT2D eigenvalue weighted by Gasteiger charge is -2.12. The van der Waals surface area contributed by atoms with Crippen molar-refractivity contribution in [1.29, 1.82) is 0 Å². The van der Waals surface area contributed by atoms with Gasteiger partial charge in [-0.15, -0.1) is 0 Å². The Hall–Kier alpha value is -2.95. The fourth-order valence-corrected chi connectivity index (χ4v) is 2.41. The number of anilines is 1. The van der Waals surface area contributed by atoms with Crippen LogP contribution in [-0.2, 0) is 11.2 Å². The van der Waals surface area contributed by atoms with Crippen molar-refractivity contribution in [3.8, 4) is 11.5 Å². The number of nitrogens with one attached hydrogen (secondary N) is 1. The van der Waals surface area contributed by atoms with Crippen molar-refractivity contribution >= 4 is 17.9 Å². The first-order valence-electron chi connectivity index (χ1n) is 8.62. The molecule has 26 heavy (non-hydrogen) atoms. The van der Waals surface area contributed by atoms with Crippen LogP contribution in [0.15, 0.2) is 48.5 Å². The Labute approximate surface area is 154 Å². The Morgan fingerprint density at radius 2 is 1.96 bits per heavy atom. The summed E-state index contributed by atoms with van der Waals surface area (Å²) in [5.41, 5.74) is 2.90. The van der Waals surface area contributed by atoms with Crippen molar-refractivity contribution in [2.24, 2.45) is 0 Å². The van der Waals surface area contributed by atoms with Crippen molar-refractivity contribution in [3.05, 3.63) is 59.7 Å². The zero-order valence-electron chi connectivity index (χ0n) is 15.5. The van der Waals surface area contributed by atoms with Crippen molar-refractivity contribution in [3.63, 3.8) is 0 Å². The lowest BCUT2D eigenvalue weighted by molar-refractivity contribution is 0.136. The summed E-state index contributed by atoms with van der Waals surface area (Å²) in [6, 6.07) is 13.3. The molecular weight excluding hydrogens is 330 g/mol. The van der Waals surface area contributed by atoms with Crippen LogP contribution in [0.4, 0.5) is 10.5 Å². The molecule has 0 radical (unpaired) electrons. The van der Waals surface area contributed by atoms with Gasteiger partial charge in [0, 0.05) is 5.69 Å². The lowest BCUT2D eigenvalue weighted by atomic mass is 10.1. The van der Waals surface area contributed by atoms with Gasteiger partial charge in [0.2, 0.25) is 0 Å². The van der Waals surface area contributed by atoms with Gasteiger partial charge >= 0.3 is 6.09 Å². The molecule has 138 valence electrons. The van der Waals surface area contributed by atoms with Crippen LogP contribution in [0.2, 0.25) is 0 Å². The molecule has 5 nitrogen and oxygen atoms in total. The molecule has 0 aromatic heterocycles. The summed E-state index contributed by atoms with van der Waals surface area (Å²) in [5, 5.41) is 2.71. The first kappa shape index (κ1) is 19.4. The fraction of sp³-hybridized carbons (Fsp3) is 0.286. The Bertz CT molecular complexity index is 755. The first-order valence-corrected chi connectivity index (χ1v) is 8.62. The van der Waals surface area contributed by atoms with E-state index in [9.17, 15) is 4.79 Å². The quantitative estimate of drug-likeness (QED) is 0.683. The SMILES string of the molecule is C/C=C/c1ccc(OCCOC(=O)Nc2cccc(CC)c2)c(OC)c1. The zero-order chi connectivity index (χ0) is 18.8. The fourth-order valence-electron chi connectivity index (χ4n) is 2.41. The summed E-state index contributed by atoms with van der Waals surface area (Å²) in [6.07, 6.45) is 4.34. The highest BCUT2D eigenvalue weighted by Gasteiger charge is 2.07. The Morgan fingerprint density at radius 1 is 1.12 bits per heavy atom. The van der Waals surface area contributed by atoms with E-state index in [1.54, 1.807) is 7.11 Å². The van der Waals surface area contributed by atoms with Gasteiger partial charge in [-0.25, -0.2) is 4.79 Å².